The third-order valence-electron chi connectivity index (χ3n) is 5.73. The summed E-state index contributed by atoms with van der Waals surface area (Å²) in [4.78, 5) is 6.40. The Morgan fingerprint density at radius 1 is 0.720 bits per heavy atom. The van der Waals surface area contributed by atoms with Gasteiger partial charge >= 0.3 is 0 Å². The number of piperidine rings is 1. The van der Waals surface area contributed by atoms with E-state index in [1.807, 2.05) is 0 Å². The molecule has 2 aliphatic rings. The van der Waals surface area contributed by atoms with Gasteiger partial charge < -0.3 is 0 Å². The summed E-state index contributed by atoms with van der Waals surface area (Å²) in [5.41, 5.74) is 3.83. The van der Waals surface area contributed by atoms with Gasteiger partial charge in [0.1, 0.15) is 0 Å². The molecule has 5 rings (SSSR count). The summed E-state index contributed by atoms with van der Waals surface area (Å²) >= 11 is 0. The Morgan fingerprint density at radius 3 is 1.72 bits per heavy atom. The molecule has 2 fully saturated rings. The molecular weight excluding hydrogens is 306 g/mol. The molecule has 2 saturated heterocycles. The number of fused-ring (bicyclic) bond motifs is 2. The van der Waals surface area contributed by atoms with Gasteiger partial charge in [0.2, 0.25) is 0 Å². The van der Waals surface area contributed by atoms with E-state index < -0.39 is 0 Å². The highest BCUT2D eigenvalue weighted by Crippen LogP contribution is 2.53. The third-order valence-corrected chi connectivity index (χ3v) is 5.73. The van der Waals surface area contributed by atoms with Crippen molar-refractivity contribution in [2.45, 2.75) is 24.0 Å². The summed E-state index contributed by atoms with van der Waals surface area (Å²) in [6.07, 6.45) is 1.21. The molecule has 2 heteroatoms. The Kier molecular flexibility index (Phi) is 3.47. The minimum atomic E-state index is -0.182. The summed E-state index contributed by atoms with van der Waals surface area (Å²) in [7, 11) is 0. The number of benzene rings is 3. The number of rotatable bonds is 3. The van der Waals surface area contributed by atoms with E-state index in [4.69, 9.17) is 4.84 Å². The van der Waals surface area contributed by atoms with Crippen molar-refractivity contribution >= 4 is 0 Å². The molecular formula is C23H21NO. The second kappa shape index (κ2) is 5.83. The van der Waals surface area contributed by atoms with Crippen LogP contribution in [0.3, 0.4) is 0 Å². The Hall–Kier alpha value is -2.42. The lowest BCUT2D eigenvalue weighted by Crippen LogP contribution is -2.44. The average molecular weight is 327 g/mol. The third kappa shape index (κ3) is 2.25. The number of hydrogen-bond donors (Lipinski definition) is 0. The molecule has 0 spiro atoms. The van der Waals surface area contributed by atoms with E-state index in [2.05, 4.69) is 96.1 Å². The topological polar surface area (TPSA) is 12.5 Å². The van der Waals surface area contributed by atoms with E-state index in [0.717, 1.165) is 13.0 Å². The fourth-order valence-electron chi connectivity index (χ4n) is 4.53. The highest BCUT2D eigenvalue weighted by molar-refractivity contribution is 5.41. The first kappa shape index (κ1) is 14.9. The Bertz CT molecular complexity index is 808. The van der Waals surface area contributed by atoms with Gasteiger partial charge in [0.05, 0.1) is 11.6 Å². The predicted molar refractivity (Wildman–Crippen MR) is 99.0 cm³/mol. The first-order valence-electron chi connectivity index (χ1n) is 8.98. The van der Waals surface area contributed by atoms with Crippen LogP contribution in [0.1, 0.15) is 29.0 Å². The maximum absolute atomic E-state index is 6.40. The summed E-state index contributed by atoms with van der Waals surface area (Å²) in [6, 6.07) is 32.4. The zero-order valence-electron chi connectivity index (χ0n) is 14.1. The standard InChI is InChI=1S/C23H21NO/c1-4-10-18(11-5-1)21-17-24-23(16-22(21)25-24,19-12-6-2-7-13-19)20-14-8-3-9-15-20/h1-15,21-22H,16-17H2/t21-,22+/m1/s1. The molecule has 2 heterocycles. The smallest absolute Gasteiger partial charge is 0.0986 e. The van der Waals surface area contributed by atoms with E-state index in [0.29, 0.717) is 5.92 Å². The molecule has 124 valence electrons. The highest BCUT2D eigenvalue weighted by atomic mass is 16.7. The van der Waals surface area contributed by atoms with Crippen molar-refractivity contribution in [3.63, 3.8) is 0 Å². The molecule has 3 aromatic carbocycles. The van der Waals surface area contributed by atoms with Crippen molar-refractivity contribution in [2.75, 3.05) is 6.54 Å². The van der Waals surface area contributed by atoms with Crippen LogP contribution in [0.4, 0.5) is 0 Å². The number of hydrogen-bond acceptors (Lipinski definition) is 2. The van der Waals surface area contributed by atoms with Crippen LogP contribution in [-0.4, -0.2) is 17.7 Å². The molecule has 3 atom stereocenters. The van der Waals surface area contributed by atoms with Gasteiger partial charge in [-0.1, -0.05) is 91.0 Å². The fourth-order valence-corrected chi connectivity index (χ4v) is 4.53. The van der Waals surface area contributed by atoms with E-state index in [1.54, 1.807) is 0 Å². The fraction of sp³-hybridized carbons (Fsp3) is 0.217. The molecule has 2 bridgehead atoms. The number of nitrogens with zero attached hydrogens (tertiary/aromatic N) is 1. The van der Waals surface area contributed by atoms with Crippen molar-refractivity contribution in [1.82, 2.24) is 5.06 Å². The van der Waals surface area contributed by atoms with Crippen LogP contribution in [0.5, 0.6) is 0 Å². The molecule has 0 aliphatic carbocycles. The molecule has 1 unspecified atom stereocenters. The SMILES string of the molecule is c1ccc([C@H]2CN3O[C@H]2CC3(c2ccccc2)c2ccccc2)cc1. The van der Waals surface area contributed by atoms with Crippen molar-refractivity contribution in [3.8, 4) is 0 Å². The Morgan fingerprint density at radius 2 is 1.24 bits per heavy atom. The predicted octanol–water partition coefficient (Wildman–Crippen LogP) is 4.73. The largest absolute Gasteiger partial charge is 0.294 e. The minimum absolute atomic E-state index is 0.182. The molecule has 25 heavy (non-hydrogen) atoms. The van der Waals surface area contributed by atoms with E-state index in [1.165, 1.54) is 16.7 Å². The summed E-state index contributed by atoms with van der Waals surface area (Å²) in [5, 5.41) is 2.24. The highest BCUT2D eigenvalue weighted by Gasteiger charge is 2.57. The van der Waals surface area contributed by atoms with Crippen molar-refractivity contribution in [2.24, 2.45) is 0 Å². The van der Waals surface area contributed by atoms with Gasteiger partial charge in [0, 0.05) is 18.9 Å². The molecule has 0 radical (unpaired) electrons. The zero-order valence-corrected chi connectivity index (χ0v) is 14.1. The van der Waals surface area contributed by atoms with Gasteiger partial charge in [-0.25, -0.2) is 0 Å². The first-order valence-corrected chi connectivity index (χ1v) is 8.98. The van der Waals surface area contributed by atoms with Crippen LogP contribution in [0.15, 0.2) is 91.0 Å². The van der Waals surface area contributed by atoms with E-state index >= 15 is 0 Å². The van der Waals surface area contributed by atoms with Gasteiger partial charge in [0.25, 0.3) is 0 Å². The lowest BCUT2D eigenvalue weighted by Gasteiger charge is -2.40. The van der Waals surface area contributed by atoms with E-state index in [-0.39, 0.29) is 11.6 Å². The van der Waals surface area contributed by atoms with Gasteiger partial charge in [-0.15, -0.1) is 0 Å². The minimum Gasteiger partial charge on any atom is -0.294 e. The van der Waals surface area contributed by atoms with Gasteiger partial charge in [-0.2, -0.15) is 5.06 Å². The monoisotopic (exact) mass is 327 g/mol. The maximum Gasteiger partial charge on any atom is 0.0986 e. The second-order valence-corrected chi connectivity index (χ2v) is 7.02. The summed E-state index contributed by atoms with van der Waals surface area (Å²) < 4.78 is 0. The number of hydroxylamine groups is 2. The Balaban J connectivity index is 1.57. The van der Waals surface area contributed by atoms with Crippen molar-refractivity contribution in [1.29, 1.82) is 0 Å². The molecule has 0 N–H and O–H groups in total. The van der Waals surface area contributed by atoms with Gasteiger partial charge in [-0.05, 0) is 16.7 Å². The first-order chi connectivity index (χ1) is 12.4. The maximum atomic E-state index is 6.40. The lowest BCUT2D eigenvalue weighted by molar-refractivity contribution is -0.135. The molecule has 0 saturated carbocycles. The van der Waals surface area contributed by atoms with Crippen LogP contribution < -0.4 is 0 Å². The quantitative estimate of drug-likeness (QED) is 0.689. The molecule has 2 nitrogen and oxygen atoms in total. The van der Waals surface area contributed by atoms with Crippen LogP contribution in [0.25, 0.3) is 0 Å². The molecule has 3 aromatic rings. The summed E-state index contributed by atoms with van der Waals surface area (Å²) in [6.45, 7) is 0.929. The van der Waals surface area contributed by atoms with Crippen LogP contribution in [0.2, 0.25) is 0 Å². The molecule has 0 amide bonds. The zero-order chi connectivity index (χ0) is 16.7. The van der Waals surface area contributed by atoms with Crippen LogP contribution in [0, 0.1) is 0 Å². The second-order valence-electron chi connectivity index (χ2n) is 7.02. The average Bonchev–Trinajstić information content (AvgIpc) is 3.29. The van der Waals surface area contributed by atoms with Gasteiger partial charge in [0.15, 0.2) is 0 Å². The van der Waals surface area contributed by atoms with Crippen molar-refractivity contribution in [3.05, 3.63) is 108 Å². The molecule has 2 aliphatic heterocycles. The van der Waals surface area contributed by atoms with Gasteiger partial charge in [-0.3, -0.25) is 4.84 Å². The Labute approximate surface area is 148 Å². The van der Waals surface area contributed by atoms with E-state index in [9.17, 15) is 0 Å². The normalized spacial score (nSPS) is 26.6. The van der Waals surface area contributed by atoms with Crippen molar-refractivity contribution < 1.29 is 4.84 Å². The lowest BCUT2D eigenvalue weighted by atomic mass is 9.73. The summed E-state index contributed by atoms with van der Waals surface area (Å²) in [5.74, 6) is 0.446. The molecule has 0 aromatic heterocycles. The van der Waals surface area contributed by atoms with Crippen LogP contribution in [-0.2, 0) is 10.4 Å². The van der Waals surface area contributed by atoms with Crippen LogP contribution >= 0.6 is 0 Å².